The third kappa shape index (κ3) is 5.31. The van der Waals surface area contributed by atoms with Crippen molar-refractivity contribution in [2.45, 2.75) is 31.7 Å². The van der Waals surface area contributed by atoms with Gasteiger partial charge in [0, 0.05) is 24.7 Å². The summed E-state index contributed by atoms with van der Waals surface area (Å²) in [7, 11) is 3.95. The number of nitrogens with zero attached hydrogens (tertiary/aromatic N) is 3. The maximum Gasteiger partial charge on any atom is 0.271 e. The number of ether oxygens (including phenoxy) is 2. The maximum absolute atomic E-state index is 12.5. The molecule has 0 spiro atoms. The quantitative estimate of drug-likeness (QED) is 0.793. The van der Waals surface area contributed by atoms with Gasteiger partial charge in [-0.3, -0.25) is 9.78 Å². The summed E-state index contributed by atoms with van der Waals surface area (Å²) in [6.45, 7) is 2.21. The Hall–Kier alpha value is -1.87. The van der Waals surface area contributed by atoms with Gasteiger partial charge >= 0.3 is 0 Å². The van der Waals surface area contributed by atoms with Gasteiger partial charge < -0.3 is 19.7 Å². The van der Waals surface area contributed by atoms with Crippen LogP contribution in [-0.2, 0) is 22.6 Å². The fourth-order valence-electron chi connectivity index (χ4n) is 2.73. The lowest BCUT2D eigenvalue weighted by Gasteiger charge is -2.31. The third-order valence-electron chi connectivity index (χ3n) is 4.02. The molecule has 0 radical (unpaired) electrons. The molecule has 1 saturated heterocycles. The van der Waals surface area contributed by atoms with E-state index in [2.05, 4.69) is 15.3 Å². The molecule has 1 fully saturated rings. The first-order valence-electron chi connectivity index (χ1n) is 8.61. The molecule has 1 amide bonds. The first kappa shape index (κ1) is 18.9. The Morgan fingerprint density at radius 2 is 2.35 bits per heavy atom. The van der Waals surface area contributed by atoms with E-state index in [-0.39, 0.29) is 18.1 Å². The molecule has 140 valence electrons. The zero-order valence-electron chi connectivity index (χ0n) is 15.1. The summed E-state index contributed by atoms with van der Waals surface area (Å²) in [4.78, 5) is 23.2. The summed E-state index contributed by atoms with van der Waals surface area (Å²) in [5.74, 6) is -0.187. The van der Waals surface area contributed by atoms with E-state index in [9.17, 15) is 4.79 Å². The fraction of sp³-hybridized carbons (Fsp3) is 0.500. The van der Waals surface area contributed by atoms with Crippen LogP contribution >= 0.6 is 11.3 Å². The predicted octanol–water partition coefficient (Wildman–Crippen LogP) is 1.70. The van der Waals surface area contributed by atoms with Crippen LogP contribution in [0.3, 0.4) is 0 Å². The molecule has 3 rings (SSSR count). The lowest BCUT2D eigenvalue weighted by atomic mass is 10.1. The number of hydrogen-bond acceptors (Lipinski definition) is 7. The SMILES string of the molecule is CN(C)Cc1nc(C(=O)N[C@@H]2COCC[C@H]2OCc2ccccn2)cs1. The molecule has 0 aromatic carbocycles. The summed E-state index contributed by atoms with van der Waals surface area (Å²) in [6.07, 6.45) is 2.38. The molecule has 2 aromatic heterocycles. The molecular weight excluding hydrogens is 352 g/mol. The van der Waals surface area contributed by atoms with Crippen LogP contribution in [-0.4, -0.2) is 60.2 Å². The average Bonchev–Trinajstić information content (AvgIpc) is 3.10. The van der Waals surface area contributed by atoms with Gasteiger partial charge in [-0.05, 0) is 32.6 Å². The van der Waals surface area contributed by atoms with Crippen LogP contribution in [0.5, 0.6) is 0 Å². The van der Waals surface area contributed by atoms with Crippen molar-refractivity contribution < 1.29 is 14.3 Å². The van der Waals surface area contributed by atoms with E-state index in [4.69, 9.17) is 9.47 Å². The van der Waals surface area contributed by atoms with Gasteiger partial charge in [0.15, 0.2) is 0 Å². The average molecular weight is 376 g/mol. The Bertz CT molecular complexity index is 707. The molecular formula is C18H24N4O3S. The molecule has 26 heavy (non-hydrogen) atoms. The number of pyridine rings is 1. The summed E-state index contributed by atoms with van der Waals surface area (Å²) in [5, 5.41) is 5.72. The summed E-state index contributed by atoms with van der Waals surface area (Å²) in [6, 6.07) is 5.54. The molecule has 2 atom stereocenters. The van der Waals surface area contributed by atoms with Gasteiger partial charge in [0.2, 0.25) is 0 Å². The number of hydrogen-bond donors (Lipinski definition) is 1. The van der Waals surface area contributed by atoms with Crippen LogP contribution < -0.4 is 5.32 Å². The molecule has 3 heterocycles. The highest BCUT2D eigenvalue weighted by molar-refractivity contribution is 7.09. The molecule has 0 aliphatic carbocycles. The monoisotopic (exact) mass is 376 g/mol. The Kier molecular flexibility index (Phi) is 6.67. The minimum absolute atomic E-state index is 0.102. The maximum atomic E-state index is 12.5. The number of carbonyl (C=O) groups is 1. The van der Waals surface area contributed by atoms with E-state index in [0.29, 0.717) is 25.5 Å². The van der Waals surface area contributed by atoms with Gasteiger partial charge in [-0.2, -0.15) is 0 Å². The van der Waals surface area contributed by atoms with E-state index in [0.717, 1.165) is 23.7 Å². The van der Waals surface area contributed by atoms with Gasteiger partial charge in [-0.15, -0.1) is 11.3 Å². The molecule has 2 aromatic rings. The minimum atomic E-state index is -0.195. The predicted molar refractivity (Wildman–Crippen MR) is 99.0 cm³/mol. The number of thiazole rings is 1. The second-order valence-corrected chi connectivity index (χ2v) is 7.42. The molecule has 1 aliphatic heterocycles. The van der Waals surface area contributed by atoms with Crippen molar-refractivity contribution in [2.75, 3.05) is 27.3 Å². The summed E-state index contributed by atoms with van der Waals surface area (Å²) >= 11 is 1.49. The second kappa shape index (κ2) is 9.18. The number of nitrogens with one attached hydrogen (secondary N) is 1. The van der Waals surface area contributed by atoms with Crippen LogP contribution in [0, 0.1) is 0 Å². The van der Waals surface area contributed by atoms with Crippen LogP contribution in [0.2, 0.25) is 0 Å². The molecule has 0 bridgehead atoms. The molecule has 8 heteroatoms. The van der Waals surface area contributed by atoms with E-state index in [1.165, 1.54) is 11.3 Å². The minimum Gasteiger partial charge on any atom is -0.379 e. The van der Waals surface area contributed by atoms with Crippen LogP contribution in [0.4, 0.5) is 0 Å². The normalized spacial score (nSPS) is 20.3. The van der Waals surface area contributed by atoms with Gasteiger partial charge in [0.1, 0.15) is 10.7 Å². The van der Waals surface area contributed by atoms with Crippen molar-refractivity contribution in [1.82, 2.24) is 20.2 Å². The lowest BCUT2D eigenvalue weighted by molar-refractivity contribution is -0.0613. The van der Waals surface area contributed by atoms with Gasteiger partial charge in [-0.1, -0.05) is 6.07 Å². The highest BCUT2D eigenvalue weighted by Gasteiger charge is 2.29. The summed E-state index contributed by atoms with van der Waals surface area (Å²) < 4.78 is 11.5. The first-order valence-corrected chi connectivity index (χ1v) is 9.49. The standard InChI is InChI=1S/C18H24N4O3S/c1-22(2)9-17-20-15(12-26-17)18(23)21-14-11-24-8-6-16(14)25-10-13-5-3-4-7-19-13/h3-5,7,12,14,16H,6,8-11H2,1-2H3,(H,21,23)/t14-,16-/m1/s1. The van der Waals surface area contributed by atoms with Gasteiger partial charge in [0.25, 0.3) is 5.91 Å². The van der Waals surface area contributed by atoms with Crippen LogP contribution in [0.15, 0.2) is 29.8 Å². The van der Waals surface area contributed by atoms with Crippen molar-refractivity contribution in [2.24, 2.45) is 0 Å². The molecule has 7 nitrogen and oxygen atoms in total. The lowest BCUT2D eigenvalue weighted by Crippen LogP contribution is -2.50. The highest BCUT2D eigenvalue weighted by atomic mass is 32.1. The van der Waals surface area contributed by atoms with Crippen LogP contribution in [0.25, 0.3) is 0 Å². The van der Waals surface area contributed by atoms with Crippen molar-refractivity contribution in [3.05, 3.63) is 46.2 Å². The zero-order valence-corrected chi connectivity index (χ0v) is 15.9. The molecule has 1 aliphatic rings. The van der Waals surface area contributed by atoms with Crippen molar-refractivity contribution in [3.63, 3.8) is 0 Å². The van der Waals surface area contributed by atoms with E-state index in [1.54, 1.807) is 11.6 Å². The Morgan fingerprint density at radius 3 is 3.12 bits per heavy atom. The first-order chi connectivity index (χ1) is 12.6. The topological polar surface area (TPSA) is 76.6 Å². The Balaban J connectivity index is 1.57. The highest BCUT2D eigenvalue weighted by Crippen LogP contribution is 2.16. The molecule has 1 N–H and O–H groups in total. The number of rotatable bonds is 7. The smallest absolute Gasteiger partial charge is 0.271 e. The van der Waals surface area contributed by atoms with Crippen molar-refractivity contribution in [1.29, 1.82) is 0 Å². The van der Waals surface area contributed by atoms with Gasteiger partial charge in [-0.25, -0.2) is 4.98 Å². The van der Waals surface area contributed by atoms with E-state index < -0.39 is 0 Å². The largest absolute Gasteiger partial charge is 0.379 e. The van der Waals surface area contributed by atoms with Crippen LogP contribution in [0.1, 0.15) is 27.6 Å². The molecule has 0 saturated carbocycles. The number of amides is 1. The van der Waals surface area contributed by atoms with E-state index >= 15 is 0 Å². The summed E-state index contributed by atoms with van der Waals surface area (Å²) in [5.41, 5.74) is 1.32. The second-order valence-electron chi connectivity index (χ2n) is 6.48. The van der Waals surface area contributed by atoms with Gasteiger partial charge in [0.05, 0.1) is 31.1 Å². The molecule has 0 unspecified atom stereocenters. The zero-order chi connectivity index (χ0) is 18.4. The van der Waals surface area contributed by atoms with Crippen molar-refractivity contribution >= 4 is 17.2 Å². The Labute approximate surface area is 157 Å². The third-order valence-corrected chi connectivity index (χ3v) is 4.85. The van der Waals surface area contributed by atoms with Crippen molar-refractivity contribution in [3.8, 4) is 0 Å². The fourth-order valence-corrected chi connectivity index (χ4v) is 3.62. The number of carbonyl (C=O) groups excluding carboxylic acids is 1. The Morgan fingerprint density at radius 1 is 1.46 bits per heavy atom. The number of aromatic nitrogens is 2. The van der Waals surface area contributed by atoms with E-state index in [1.807, 2.05) is 37.2 Å².